The SMILES string of the molecule is COc1cccc(C2/C(=C(\O)c3ccc(Cl)c(Cl)c3)C(=O)C(=O)N2c2ccc(C)c(C)c2)c1. The number of methoxy groups -OCH3 is 1. The molecule has 0 radical (unpaired) electrons. The summed E-state index contributed by atoms with van der Waals surface area (Å²) < 4.78 is 5.35. The summed E-state index contributed by atoms with van der Waals surface area (Å²) in [4.78, 5) is 27.9. The molecular weight excluding hydrogens is 461 g/mol. The lowest BCUT2D eigenvalue weighted by Crippen LogP contribution is -2.29. The van der Waals surface area contributed by atoms with Crippen molar-refractivity contribution >= 4 is 46.3 Å². The van der Waals surface area contributed by atoms with Gasteiger partial charge in [-0.05, 0) is 73.0 Å². The van der Waals surface area contributed by atoms with E-state index in [0.717, 1.165) is 11.1 Å². The molecule has 0 saturated carbocycles. The predicted octanol–water partition coefficient (Wildman–Crippen LogP) is 6.25. The summed E-state index contributed by atoms with van der Waals surface area (Å²) in [5.74, 6) is -1.28. The minimum atomic E-state index is -0.864. The van der Waals surface area contributed by atoms with Crippen LogP contribution >= 0.6 is 23.2 Å². The van der Waals surface area contributed by atoms with Gasteiger partial charge in [0.1, 0.15) is 11.5 Å². The molecule has 1 unspecified atom stereocenters. The molecule has 1 saturated heterocycles. The smallest absolute Gasteiger partial charge is 0.300 e. The number of hydrogen-bond donors (Lipinski definition) is 1. The summed E-state index contributed by atoms with van der Waals surface area (Å²) in [6.07, 6.45) is 0. The molecule has 4 rings (SSSR count). The van der Waals surface area contributed by atoms with Crippen molar-refractivity contribution < 1.29 is 19.4 Å². The van der Waals surface area contributed by atoms with Gasteiger partial charge in [-0.25, -0.2) is 0 Å². The zero-order chi connectivity index (χ0) is 23.9. The van der Waals surface area contributed by atoms with E-state index in [9.17, 15) is 14.7 Å². The number of ether oxygens (including phenoxy) is 1. The molecule has 5 nitrogen and oxygen atoms in total. The molecule has 0 aromatic heterocycles. The second-order valence-electron chi connectivity index (χ2n) is 7.84. The van der Waals surface area contributed by atoms with Gasteiger partial charge < -0.3 is 9.84 Å². The predicted molar refractivity (Wildman–Crippen MR) is 130 cm³/mol. The molecule has 168 valence electrons. The van der Waals surface area contributed by atoms with Crippen molar-refractivity contribution in [1.29, 1.82) is 0 Å². The molecule has 7 heteroatoms. The van der Waals surface area contributed by atoms with Crippen LogP contribution in [0.15, 0.2) is 66.2 Å². The normalized spacial score (nSPS) is 17.5. The Morgan fingerprint density at radius 1 is 0.939 bits per heavy atom. The summed E-state index contributed by atoms with van der Waals surface area (Å²) in [6, 6.07) is 16.3. The van der Waals surface area contributed by atoms with Crippen molar-refractivity contribution in [1.82, 2.24) is 0 Å². The highest BCUT2D eigenvalue weighted by Gasteiger charge is 2.47. The number of aliphatic hydroxyl groups is 1. The fourth-order valence-electron chi connectivity index (χ4n) is 3.90. The van der Waals surface area contributed by atoms with Gasteiger partial charge in [0.25, 0.3) is 11.7 Å². The van der Waals surface area contributed by atoms with E-state index in [1.165, 1.54) is 24.1 Å². The molecule has 1 aliphatic rings. The average Bonchev–Trinajstić information content (AvgIpc) is 3.07. The topological polar surface area (TPSA) is 66.8 Å². The van der Waals surface area contributed by atoms with Gasteiger partial charge in [0, 0.05) is 11.3 Å². The molecule has 0 aliphatic carbocycles. The maximum absolute atomic E-state index is 13.3. The van der Waals surface area contributed by atoms with Gasteiger partial charge in [-0.3, -0.25) is 14.5 Å². The van der Waals surface area contributed by atoms with Gasteiger partial charge in [0.15, 0.2) is 0 Å². The summed E-state index contributed by atoms with van der Waals surface area (Å²) in [5.41, 5.74) is 3.46. The molecular formula is C26H21Cl2NO4. The zero-order valence-corrected chi connectivity index (χ0v) is 19.7. The number of benzene rings is 3. The third kappa shape index (κ3) is 4.10. The highest BCUT2D eigenvalue weighted by Crippen LogP contribution is 2.43. The van der Waals surface area contributed by atoms with Crippen LogP contribution in [-0.4, -0.2) is 23.9 Å². The standard InChI is InChI=1S/C26H21Cl2NO4/c1-14-7-9-18(11-15(14)2)29-23(16-5-4-6-19(12-16)33-3)22(25(31)26(29)32)24(30)17-8-10-20(27)21(28)13-17/h4-13,23,30H,1-3H3/b24-22+. The van der Waals surface area contributed by atoms with E-state index in [-0.39, 0.29) is 21.9 Å². The summed E-state index contributed by atoms with van der Waals surface area (Å²) in [5, 5.41) is 11.7. The van der Waals surface area contributed by atoms with Crippen LogP contribution in [-0.2, 0) is 9.59 Å². The lowest BCUT2D eigenvalue weighted by atomic mass is 9.95. The van der Waals surface area contributed by atoms with Crippen LogP contribution in [0.25, 0.3) is 5.76 Å². The van der Waals surface area contributed by atoms with Crippen molar-refractivity contribution in [2.24, 2.45) is 0 Å². The monoisotopic (exact) mass is 481 g/mol. The quantitative estimate of drug-likeness (QED) is 0.271. The Labute approximate surface area is 201 Å². The number of carbonyl (C=O) groups excluding carboxylic acids is 2. The molecule has 1 aliphatic heterocycles. The fourth-order valence-corrected chi connectivity index (χ4v) is 4.20. The Morgan fingerprint density at radius 2 is 1.70 bits per heavy atom. The number of ketones is 1. The van der Waals surface area contributed by atoms with Crippen LogP contribution < -0.4 is 9.64 Å². The molecule has 0 spiro atoms. The molecule has 33 heavy (non-hydrogen) atoms. The van der Waals surface area contributed by atoms with Crippen molar-refractivity contribution in [3.63, 3.8) is 0 Å². The first-order valence-corrected chi connectivity index (χ1v) is 11.0. The van der Waals surface area contributed by atoms with Gasteiger partial charge in [-0.15, -0.1) is 0 Å². The van der Waals surface area contributed by atoms with E-state index in [4.69, 9.17) is 27.9 Å². The first-order valence-electron chi connectivity index (χ1n) is 10.2. The van der Waals surface area contributed by atoms with E-state index >= 15 is 0 Å². The van der Waals surface area contributed by atoms with Gasteiger partial charge >= 0.3 is 0 Å². The van der Waals surface area contributed by atoms with Crippen LogP contribution in [0.2, 0.25) is 10.0 Å². The second-order valence-corrected chi connectivity index (χ2v) is 8.66. The van der Waals surface area contributed by atoms with Gasteiger partial charge in [-0.2, -0.15) is 0 Å². The Morgan fingerprint density at radius 3 is 2.36 bits per heavy atom. The van der Waals surface area contributed by atoms with E-state index in [0.29, 0.717) is 22.0 Å². The number of nitrogens with zero attached hydrogens (tertiary/aromatic N) is 1. The molecule has 1 N–H and O–H groups in total. The fraction of sp³-hybridized carbons (Fsp3) is 0.154. The number of amides is 1. The van der Waals surface area contributed by atoms with Crippen LogP contribution in [0.4, 0.5) is 5.69 Å². The molecule has 1 heterocycles. The van der Waals surface area contributed by atoms with Crippen molar-refractivity contribution in [3.05, 3.63) is 98.5 Å². The molecule has 1 atom stereocenters. The second kappa shape index (κ2) is 8.93. The lowest BCUT2D eigenvalue weighted by molar-refractivity contribution is -0.132. The Kier molecular flexibility index (Phi) is 6.19. The van der Waals surface area contributed by atoms with Crippen LogP contribution in [0, 0.1) is 13.8 Å². The highest BCUT2D eigenvalue weighted by atomic mass is 35.5. The number of rotatable bonds is 4. The average molecular weight is 482 g/mol. The molecule has 3 aromatic carbocycles. The minimum absolute atomic E-state index is 0.0372. The number of halogens is 2. The maximum Gasteiger partial charge on any atom is 0.300 e. The number of hydrogen-bond acceptors (Lipinski definition) is 4. The third-order valence-electron chi connectivity index (χ3n) is 5.82. The van der Waals surface area contributed by atoms with Crippen LogP contribution in [0.5, 0.6) is 5.75 Å². The van der Waals surface area contributed by atoms with Crippen molar-refractivity contribution in [2.45, 2.75) is 19.9 Å². The maximum atomic E-state index is 13.3. The summed E-state index contributed by atoms with van der Waals surface area (Å²) >= 11 is 12.1. The molecule has 1 amide bonds. The van der Waals surface area contributed by atoms with E-state index in [1.54, 1.807) is 36.4 Å². The first-order chi connectivity index (χ1) is 15.7. The number of carbonyl (C=O) groups is 2. The zero-order valence-electron chi connectivity index (χ0n) is 18.2. The van der Waals surface area contributed by atoms with Gasteiger partial charge in [-0.1, -0.05) is 41.4 Å². The first kappa shape index (κ1) is 22.9. The molecule has 3 aromatic rings. The Balaban J connectivity index is 1.97. The van der Waals surface area contributed by atoms with Crippen molar-refractivity contribution in [2.75, 3.05) is 12.0 Å². The van der Waals surface area contributed by atoms with E-state index in [1.807, 2.05) is 26.0 Å². The van der Waals surface area contributed by atoms with E-state index < -0.39 is 17.7 Å². The Bertz CT molecular complexity index is 1320. The van der Waals surface area contributed by atoms with Gasteiger partial charge in [0.2, 0.25) is 0 Å². The summed E-state index contributed by atoms with van der Waals surface area (Å²) in [6.45, 7) is 3.91. The highest BCUT2D eigenvalue weighted by molar-refractivity contribution is 6.51. The van der Waals surface area contributed by atoms with Crippen LogP contribution in [0.1, 0.15) is 28.3 Å². The minimum Gasteiger partial charge on any atom is -0.507 e. The third-order valence-corrected chi connectivity index (χ3v) is 6.55. The largest absolute Gasteiger partial charge is 0.507 e. The van der Waals surface area contributed by atoms with E-state index in [2.05, 4.69) is 0 Å². The number of Topliss-reactive ketones (excluding diaryl/α,β-unsaturated/α-hetero) is 1. The van der Waals surface area contributed by atoms with Crippen molar-refractivity contribution in [3.8, 4) is 5.75 Å². The number of aliphatic hydroxyl groups excluding tert-OH is 1. The number of aryl methyl sites for hydroxylation is 2. The lowest BCUT2D eigenvalue weighted by Gasteiger charge is -2.26. The Hall–Kier alpha value is -3.28. The number of anilines is 1. The summed E-state index contributed by atoms with van der Waals surface area (Å²) in [7, 11) is 1.54. The molecule has 0 bridgehead atoms. The van der Waals surface area contributed by atoms with Gasteiger partial charge in [0.05, 0.1) is 28.8 Å². The molecule has 1 fully saturated rings. The van der Waals surface area contributed by atoms with Crippen LogP contribution in [0.3, 0.4) is 0 Å².